The number of hydrogen-bond donors (Lipinski definition) is 2. The highest BCUT2D eigenvalue weighted by Gasteiger charge is 2.23. The standard InChI is InChI=1S/C18H19F3N4O3/c1-3-15(26)25-14-7-12(4-5-22-14)16(27)23-8-11-6-13(19)17(24-9-11)28-10-18(2,20)21/h4-7,9H,3,8,10H2,1-2H3,(H,23,27)(H,22,25,26). The molecule has 10 heteroatoms. The van der Waals surface area contributed by atoms with Crippen molar-refractivity contribution in [1.82, 2.24) is 15.3 Å². The first-order chi connectivity index (χ1) is 13.2. The van der Waals surface area contributed by atoms with E-state index in [1.165, 1.54) is 24.5 Å². The Morgan fingerprint density at radius 3 is 2.64 bits per heavy atom. The van der Waals surface area contributed by atoms with Gasteiger partial charge in [0.05, 0.1) is 0 Å². The fourth-order valence-electron chi connectivity index (χ4n) is 2.02. The van der Waals surface area contributed by atoms with E-state index in [-0.39, 0.29) is 30.3 Å². The van der Waals surface area contributed by atoms with Crippen LogP contribution in [-0.4, -0.2) is 34.3 Å². The van der Waals surface area contributed by atoms with E-state index in [0.29, 0.717) is 12.5 Å². The van der Waals surface area contributed by atoms with Gasteiger partial charge in [-0.05, 0) is 23.8 Å². The number of pyridine rings is 2. The van der Waals surface area contributed by atoms with Crippen molar-refractivity contribution in [1.29, 1.82) is 0 Å². The van der Waals surface area contributed by atoms with Gasteiger partial charge in [-0.3, -0.25) is 9.59 Å². The summed E-state index contributed by atoms with van der Waals surface area (Å²) < 4.78 is 44.0. The highest BCUT2D eigenvalue weighted by Crippen LogP contribution is 2.18. The second-order valence-electron chi connectivity index (χ2n) is 6.00. The molecule has 2 N–H and O–H groups in total. The van der Waals surface area contributed by atoms with E-state index >= 15 is 0 Å². The van der Waals surface area contributed by atoms with Crippen LogP contribution in [0.1, 0.15) is 36.2 Å². The third kappa shape index (κ3) is 6.53. The lowest BCUT2D eigenvalue weighted by Crippen LogP contribution is -2.24. The van der Waals surface area contributed by atoms with E-state index in [2.05, 4.69) is 25.3 Å². The molecule has 0 spiro atoms. The Morgan fingerprint density at radius 1 is 1.25 bits per heavy atom. The van der Waals surface area contributed by atoms with Gasteiger partial charge in [0.25, 0.3) is 17.7 Å². The quantitative estimate of drug-likeness (QED) is 0.716. The minimum atomic E-state index is -3.11. The number of amides is 2. The minimum absolute atomic E-state index is 0.0497. The van der Waals surface area contributed by atoms with Crippen LogP contribution in [0.4, 0.5) is 19.0 Å². The summed E-state index contributed by atoms with van der Waals surface area (Å²) in [6, 6.07) is 3.90. The van der Waals surface area contributed by atoms with Gasteiger partial charge in [-0.1, -0.05) is 6.92 Å². The Balaban J connectivity index is 1.96. The van der Waals surface area contributed by atoms with Crippen LogP contribution in [0.15, 0.2) is 30.6 Å². The predicted octanol–water partition coefficient (Wildman–Crippen LogP) is 2.93. The largest absolute Gasteiger partial charge is 0.469 e. The summed E-state index contributed by atoms with van der Waals surface area (Å²) >= 11 is 0. The molecule has 0 unspecified atom stereocenters. The summed E-state index contributed by atoms with van der Waals surface area (Å²) in [7, 11) is 0. The van der Waals surface area contributed by atoms with E-state index in [1.54, 1.807) is 6.92 Å². The van der Waals surface area contributed by atoms with Gasteiger partial charge in [-0.15, -0.1) is 0 Å². The van der Waals surface area contributed by atoms with Crippen LogP contribution in [0.5, 0.6) is 5.88 Å². The maximum Gasteiger partial charge on any atom is 0.278 e. The molecule has 2 heterocycles. The molecule has 0 radical (unpaired) electrons. The van der Waals surface area contributed by atoms with Gasteiger partial charge < -0.3 is 15.4 Å². The van der Waals surface area contributed by atoms with Crippen LogP contribution in [0, 0.1) is 5.82 Å². The molecule has 2 aromatic rings. The number of carbonyl (C=O) groups is 2. The zero-order valence-electron chi connectivity index (χ0n) is 15.3. The van der Waals surface area contributed by atoms with Crippen molar-refractivity contribution in [3.63, 3.8) is 0 Å². The lowest BCUT2D eigenvalue weighted by atomic mass is 10.2. The summed E-state index contributed by atoms with van der Waals surface area (Å²) in [5.74, 6) is -5.04. The zero-order chi connectivity index (χ0) is 20.7. The number of alkyl halides is 2. The number of rotatable bonds is 8. The highest BCUT2D eigenvalue weighted by molar-refractivity contribution is 5.96. The number of carbonyl (C=O) groups excluding carboxylic acids is 2. The van der Waals surface area contributed by atoms with Gasteiger partial charge in [0, 0.05) is 37.8 Å². The minimum Gasteiger partial charge on any atom is -0.469 e. The molecular formula is C18H19F3N4O3. The molecule has 7 nitrogen and oxygen atoms in total. The number of nitrogens with zero attached hydrogens (tertiary/aromatic N) is 2. The Kier molecular flexibility index (Phi) is 6.91. The third-order valence-corrected chi connectivity index (χ3v) is 3.39. The monoisotopic (exact) mass is 396 g/mol. The molecule has 2 rings (SSSR count). The summed E-state index contributed by atoms with van der Waals surface area (Å²) in [4.78, 5) is 31.2. The molecule has 150 valence electrons. The molecule has 28 heavy (non-hydrogen) atoms. The Hall–Kier alpha value is -3.17. The smallest absolute Gasteiger partial charge is 0.278 e. The Morgan fingerprint density at radius 2 is 2.00 bits per heavy atom. The molecule has 0 aromatic carbocycles. The lowest BCUT2D eigenvalue weighted by Gasteiger charge is -2.12. The molecule has 2 amide bonds. The van der Waals surface area contributed by atoms with Gasteiger partial charge >= 0.3 is 0 Å². The Labute approximate surface area is 159 Å². The van der Waals surface area contributed by atoms with Gasteiger partial charge in [0.1, 0.15) is 5.82 Å². The molecule has 0 fully saturated rings. The number of halogens is 3. The van der Waals surface area contributed by atoms with Crippen molar-refractivity contribution in [2.45, 2.75) is 32.7 Å². The number of anilines is 1. The maximum atomic E-state index is 13.9. The molecule has 0 atom stereocenters. The number of nitrogens with one attached hydrogen (secondary N) is 2. The van der Waals surface area contributed by atoms with Crippen molar-refractivity contribution in [2.24, 2.45) is 0 Å². The Bertz CT molecular complexity index is 856. The SMILES string of the molecule is CCC(=O)Nc1cc(C(=O)NCc2cnc(OCC(C)(F)F)c(F)c2)ccn1. The predicted molar refractivity (Wildman–Crippen MR) is 94.6 cm³/mol. The first-order valence-corrected chi connectivity index (χ1v) is 8.37. The van der Waals surface area contributed by atoms with Gasteiger partial charge in [0.2, 0.25) is 5.91 Å². The maximum absolute atomic E-state index is 13.9. The molecular weight excluding hydrogens is 377 g/mol. The number of aromatic nitrogens is 2. The number of ether oxygens (including phenoxy) is 1. The van der Waals surface area contributed by atoms with Crippen LogP contribution in [0.25, 0.3) is 0 Å². The van der Waals surface area contributed by atoms with Gasteiger partial charge in [0.15, 0.2) is 12.4 Å². The van der Waals surface area contributed by atoms with Crippen molar-refractivity contribution >= 4 is 17.6 Å². The van der Waals surface area contributed by atoms with Crippen LogP contribution in [0.3, 0.4) is 0 Å². The molecule has 0 aliphatic rings. The zero-order valence-corrected chi connectivity index (χ0v) is 15.3. The molecule has 0 saturated heterocycles. The molecule has 0 bridgehead atoms. The summed E-state index contributed by atoms with van der Waals surface area (Å²) in [6.07, 6.45) is 2.86. The fourth-order valence-corrected chi connectivity index (χ4v) is 2.02. The second kappa shape index (κ2) is 9.16. The first-order valence-electron chi connectivity index (χ1n) is 8.37. The highest BCUT2D eigenvalue weighted by atomic mass is 19.3. The summed E-state index contributed by atoms with van der Waals surface area (Å²) in [6.45, 7) is 1.29. The second-order valence-corrected chi connectivity index (χ2v) is 6.00. The average Bonchev–Trinajstić information content (AvgIpc) is 2.64. The van der Waals surface area contributed by atoms with E-state index in [4.69, 9.17) is 0 Å². The van der Waals surface area contributed by atoms with Crippen LogP contribution in [0.2, 0.25) is 0 Å². The molecule has 0 saturated carbocycles. The van der Waals surface area contributed by atoms with Crippen molar-refractivity contribution in [3.05, 3.63) is 47.5 Å². The van der Waals surface area contributed by atoms with E-state index < -0.39 is 30.1 Å². The number of hydrogen-bond acceptors (Lipinski definition) is 5. The van der Waals surface area contributed by atoms with Gasteiger partial charge in [-0.2, -0.15) is 0 Å². The van der Waals surface area contributed by atoms with Crippen molar-refractivity contribution in [2.75, 3.05) is 11.9 Å². The van der Waals surface area contributed by atoms with E-state index in [9.17, 15) is 22.8 Å². The van der Waals surface area contributed by atoms with E-state index in [1.807, 2.05) is 0 Å². The van der Waals surface area contributed by atoms with Crippen LogP contribution >= 0.6 is 0 Å². The van der Waals surface area contributed by atoms with Crippen molar-refractivity contribution < 1.29 is 27.5 Å². The molecule has 0 aliphatic carbocycles. The lowest BCUT2D eigenvalue weighted by molar-refractivity contribution is -0.115. The van der Waals surface area contributed by atoms with Crippen LogP contribution in [-0.2, 0) is 11.3 Å². The van der Waals surface area contributed by atoms with E-state index in [0.717, 1.165) is 6.07 Å². The fraction of sp³-hybridized carbons (Fsp3) is 0.333. The van der Waals surface area contributed by atoms with Gasteiger partial charge in [-0.25, -0.2) is 23.1 Å². The third-order valence-electron chi connectivity index (χ3n) is 3.39. The normalized spacial score (nSPS) is 11.0. The van der Waals surface area contributed by atoms with Crippen molar-refractivity contribution in [3.8, 4) is 5.88 Å². The molecule has 0 aliphatic heterocycles. The average molecular weight is 396 g/mol. The molecule has 2 aromatic heterocycles. The first kappa shape index (κ1) is 21.1. The van der Waals surface area contributed by atoms with Crippen LogP contribution < -0.4 is 15.4 Å². The summed E-state index contributed by atoms with van der Waals surface area (Å²) in [5.41, 5.74) is 0.565. The summed E-state index contributed by atoms with van der Waals surface area (Å²) in [5, 5.41) is 5.11. The topological polar surface area (TPSA) is 93.2 Å².